The van der Waals surface area contributed by atoms with E-state index in [4.69, 9.17) is 0 Å². The minimum atomic E-state index is 0.683. The summed E-state index contributed by atoms with van der Waals surface area (Å²) in [6.45, 7) is 9.37. The minimum Gasteiger partial charge on any atom is -0.0654 e. The van der Waals surface area contributed by atoms with Crippen molar-refractivity contribution in [3.8, 4) is 0 Å². The van der Waals surface area contributed by atoms with Gasteiger partial charge in [0.15, 0.2) is 0 Å². The van der Waals surface area contributed by atoms with Gasteiger partial charge in [0.1, 0.15) is 0 Å². The number of hydrogen-bond donors (Lipinski definition) is 0. The molecule has 0 saturated carbocycles. The third kappa shape index (κ3) is 24.3. The van der Waals surface area contributed by atoms with Gasteiger partial charge in [-0.1, -0.05) is 201 Å². The molecule has 0 N–H and O–H groups in total. The largest absolute Gasteiger partial charge is 0.0654 e. The molecule has 1 atom stereocenters. The van der Waals surface area contributed by atoms with E-state index >= 15 is 0 Å². The lowest BCUT2D eigenvalue weighted by atomic mass is 9.70. The van der Waals surface area contributed by atoms with Crippen molar-refractivity contribution in [1.82, 2.24) is 0 Å². The fourth-order valence-corrected chi connectivity index (χ4v) is 6.40. The number of rotatable bonds is 31. The van der Waals surface area contributed by atoms with Gasteiger partial charge in [0.05, 0.1) is 0 Å². The summed E-state index contributed by atoms with van der Waals surface area (Å²) in [4.78, 5) is 0. The van der Waals surface area contributed by atoms with Crippen LogP contribution < -0.4 is 0 Å². The SMILES string of the molecule is CCCCCCCCCCCCCC(CCCCCC)(CCCCCCC)CCCCCCCCC. The van der Waals surface area contributed by atoms with E-state index in [9.17, 15) is 0 Å². The van der Waals surface area contributed by atoms with Crippen LogP contribution in [-0.2, 0) is 0 Å². The van der Waals surface area contributed by atoms with Crippen molar-refractivity contribution in [3.63, 3.8) is 0 Å². The molecule has 0 radical (unpaired) electrons. The maximum absolute atomic E-state index is 2.37. The molecule has 0 aliphatic carbocycles. The van der Waals surface area contributed by atoms with Crippen LogP contribution in [0.4, 0.5) is 0 Å². The zero-order chi connectivity index (χ0) is 26.4. The van der Waals surface area contributed by atoms with E-state index in [-0.39, 0.29) is 0 Å². The fourth-order valence-electron chi connectivity index (χ4n) is 6.40. The molecule has 0 bridgehead atoms. The van der Waals surface area contributed by atoms with Gasteiger partial charge in [0, 0.05) is 0 Å². The van der Waals surface area contributed by atoms with Crippen molar-refractivity contribution in [2.24, 2.45) is 5.41 Å². The molecule has 218 valence electrons. The molecule has 0 fully saturated rings. The zero-order valence-corrected chi connectivity index (χ0v) is 26.4. The summed E-state index contributed by atoms with van der Waals surface area (Å²) in [7, 11) is 0. The lowest BCUT2D eigenvalue weighted by molar-refractivity contribution is 0.171. The first-order chi connectivity index (χ1) is 17.7. The third-order valence-corrected chi connectivity index (χ3v) is 8.99. The van der Waals surface area contributed by atoms with Crippen molar-refractivity contribution in [3.05, 3.63) is 0 Å². The van der Waals surface area contributed by atoms with Crippen LogP contribution in [0, 0.1) is 5.41 Å². The van der Waals surface area contributed by atoms with E-state index in [1.54, 1.807) is 12.8 Å². The van der Waals surface area contributed by atoms with Gasteiger partial charge >= 0.3 is 0 Å². The second-order valence-electron chi connectivity index (χ2n) is 12.6. The Labute approximate surface area is 232 Å². The standard InChI is InChI=1S/C36H74/c1-5-9-13-17-19-20-21-22-24-27-31-35-36(32-28-16-12-8-4,33-29-25-15-11-7-3)34-30-26-23-18-14-10-6-2/h5-35H2,1-4H3. The average molecular weight is 507 g/mol. The molecule has 36 heavy (non-hydrogen) atoms. The van der Waals surface area contributed by atoms with Crippen LogP contribution in [-0.4, -0.2) is 0 Å². The molecule has 0 saturated heterocycles. The van der Waals surface area contributed by atoms with Gasteiger partial charge in [0.25, 0.3) is 0 Å². The number of hydrogen-bond acceptors (Lipinski definition) is 0. The molecule has 0 heteroatoms. The Morgan fingerprint density at radius 3 is 0.611 bits per heavy atom. The number of unbranched alkanes of at least 4 members (excludes halogenated alkanes) is 23. The summed E-state index contributed by atoms with van der Waals surface area (Å²) in [5.41, 5.74) is 0.683. The predicted octanol–water partition coefficient (Wildman–Crippen LogP) is 14.1. The minimum absolute atomic E-state index is 0.683. The summed E-state index contributed by atoms with van der Waals surface area (Å²) >= 11 is 0. The van der Waals surface area contributed by atoms with E-state index in [0.29, 0.717) is 5.41 Å². The van der Waals surface area contributed by atoms with Gasteiger partial charge in [-0.05, 0) is 31.1 Å². The van der Waals surface area contributed by atoms with Crippen LogP contribution in [0.2, 0.25) is 0 Å². The summed E-state index contributed by atoms with van der Waals surface area (Å²) in [6, 6.07) is 0. The van der Waals surface area contributed by atoms with Crippen molar-refractivity contribution in [2.75, 3.05) is 0 Å². The molecular formula is C36H74. The molecule has 0 aromatic heterocycles. The Kier molecular flexibility index (Phi) is 29.6. The predicted molar refractivity (Wildman–Crippen MR) is 168 cm³/mol. The van der Waals surface area contributed by atoms with Crippen molar-refractivity contribution in [2.45, 2.75) is 227 Å². The highest BCUT2D eigenvalue weighted by atomic mass is 14.3. The Morgan fingerprint density at radius 2 is 0.389 bits per heavy atom. The molecule has 0 aliphatic rings. The summed E-state index contributed by atoms with van der Waals surface area (Å²) in [5, 5.41) is 0. The van der Waals surface area contributed by atoms with E-state index in [0.717, 1.165) is 0 Å². The molecule has 0 aromatic rings. The smallest absolute Gasteiger partial charge is 0.0297 e. The fraction of sp³-hybridized carbons (Fsp3) is 1.00. The van der Waals surface area contributed by atoms with Gasteiger partial charge < -0.3 is 0 Å². The Bertz CT molecular complexity index is 385. The normalized spacial score (nSPS) is 13.3. The van der Waals surface area contributed by atoms with Crippen molar-refractivity contribution < 1.29 is 0 Å². The second-order valence-corrected chi connectivity index (χ2v) is 12.6. The first kappa shape index (κ1) is 36.0. The first-order valence-electron chi connectivity index (χ1n) is 17.7. The molecular weight excluding hydrogens is 432 g/mol. The Hall–Kier alpha value is 0. The van der Waals surface area contributed by atoms with E-state index < -0.39 is 0 Å². The second kappa shape index (κ2) is 29.6. The molecule has 0 spiro atoms. The molecule has 0 aromatic carbocycles. The highest BCUT2D eigenvalue weighted by molar-refractivity contribution is 4.80. The summed E-state index contributed by atoms with van der Waals surface area (Å²) in [6.07, 6.45) is 45.7. The zero-order valence-electron chi connectivity index (χ0n) is 26.4. The monoisotopic (exact) mass is 507 g/mol. The summed E-state index contributed by atoms with van der Waals surface area (Å²) in [5.74, 6) is 0. The average Bonchev–Trinajstić information content (AvgIpc) is 2.89. The highest BCUT2D eigenvalue weighted by Gasteiger charge is 2.28. The van der Waals surface area contributed by atoms with E-state index in [1.807, 2.05) is 0 Å². The maximum Gasteiger partial charge on any atom is -0.0297 e. The van der Waals surface area contributed by atoms with E-state index in [2.05, 4.69) is 27.7 Å². The third-order valence-electron chi connectivity index (χ3n) is 8.99. The highest BCUT2D eigenvalue weighted by Crippen LogP contribution is 2.42. The topological polar surface area (TPSA) is 0 Å². The van der Waals surface area contributed by atoms with Crippen LogP contribution in [0.3, 0.4) is 0 Å². The lowest BCUT2D eigenvalue weighted by Crippen LogP contribution is -2.21. The van der Waals surface area contributed by atoms with Gasteiger partial charge in [-0.3, -0.25) is 0 Å². The Balaban J connectivity index is 4.54. The summed E-state index contributed by atoms with van der Waals surface area (Å²) < 4.78 is 0. The van der Waals surface area contributed by atoms with Crippen LogP contribution in [0.5, 0.6) is 0 Å². The molecule has 1 unspecified atom stereocenters. The molecule has 0 nitrogen and oxygen atoms in total. The van der Waals surface area contributed by atoms with Crippen LogP contribution in [0.25, 0.3) is 0 Å². The first-order valence-corrected chi connectivity index (χ1v) is 17.7. The van der Waals surface area contributed by atoms with Gasteiger partial charge in [-0.2, -0.15) is 0 Å². The van der Waals surface area contributed by atoms with Crippen molar-refractivity contribution >= 4 is 0 Å². The molecule has 0 amide bonds. The van der Waals surface area contributed by atoms with Gasteiger partial charge in [-0.25, -0.2) is 0 Å². The van der Waals surface area contributed by atoms with Crippen molar-refractivity contribution in [1.29, 1.82) is 0 Å². The van der Waals surface area contributed by atoms with Gasteiger partial charge in [-0.15, -0.1) is 0 Å². The molecule has 0 heterocycles. The lowest BCUT2D eigenvalue weighted by Gasteiger charge is -2.35. The van der Waals surface area contributed by atoms with E-state index in [1.165, 1.54) is 186 Å². The van der Waals surface area contributed by atoms with Crippen LogP contribution in [0.1, 0.15) is 227 Å². The van der Waals surface area contributed by atoms with Crippen LogP contribution >= 0.6 is 0 Å². The quantitative estimate of drug-likeness (QED) is 0.0820. The maximum atomic E-state index is 2.37. The van der Waals surface area contributed by atoms with Crippen LogP contribution in [0.15, 0.2) is 0 Å². The molecule has 0 rings (SSSR count). The molecule has 0 aliphatic heterocycles. The Morgan fingerprint density at radius 1 is 0.222 bits per heavy atom. The van der Waals surface area contributed by atoms with Gasteiger partial charge in [0.2, 0.25) is 0 Å².